The standard InChI is InChI=1S/C18H18FN5O2.C2HF3O2/c19-15-8-13(2-5-22-15)16(25)23-6-1-3-18(11-23)4-7-24(17(18)26)14-9-20-12-21-10-14;3-2(4,5)1(6)7/h2,5,8-10,12H,1,3-4,6-7,11H2;(H,6,7). The zero-order valence-corrected chi connectivity index (χ0v) is 17.1. The van der Waals surface area contributed by atoms with Crippen molar-refractivity contribution in [2.45, 2.75) is 25.4 Å². The average Bonchev–Trinajstić information content (AvgIpc) is 3.09. The summed E-state index contributed by atoms with van der Waals surface area (Å²) in [5.41, 5.74) is 0.345. The second-order valence-corrected chi connectivity index (χ2v) is 7.58. The maximum atomic E-state index is 13.3. The van der Waals surface area contributed by atoms with Gasteiger partial charge in [0.05, 0.1) is 23.5 Å². The van der Waals surface area contributed by atoms with Crippen LogP contribution in [0.15, 0.2) is 37.1 Å². The van der Waals surface area contributed by atoms with Crippen LogP contribution in [0, 0.1) is 11.4 Å². The quantitative estimate of drug-likeness (QED) is 0.530. The zero-order valence-electron chi connectivity index (χ0n) is 17.1. The molecule has 2 aromatic heterocycles. The van der Waals surface area contributed by atoms with Gasteiger partial charge in [-0.25, -0.2) is 19.7 Å². The lowest BCUT2D eigenvalue weighted by molar-refractivity contribution is -0.192. The summed E-state index contributed by atoms with van der Waals surface area (Å²) in [4.78, 5) is 49.5. The number of halogens is 4. The summed E-state index contributed by atoms with van der Waals surface area (Å²) in [6, 6.07) is 2.63. The third-order valence-corrected chi connectivity index (χ3v) is 5.45. The number of hydrogen-bond donors (Lipinski definition) is 1. The van der Waals surface area contributed by atoms with Gasteiger partial charge in [-0.15, -0.1) is 0 Å². The highest BCUT2D eigenvalue weighted by molar-refractivity contribution is 6.01. The molecule has 1 atom stereocenters. The Kier molecular flexibility index (Phi) is 6.89. The Labute approximate surface area is 185 Å². The van der Waals surface area contributed by atoms with E-state index < -0.39 is 23.5 Å². The molecule has 4 heterocycles. The molecule has 2 aliphatic heterocycles. The molecule has 0 saturated carbocycles. The van der Waals surface area contributed by atoms with Crippen LogP contribution in [0.2, 0.25) is 0 Å². The van der Waals surface area contributed by atoms with E-state index in [1.807, 2.05) is 0 Å². The topological polar surface area (TPSA) is 117 Å². The molecule has 0 aromatic carbocycles. The number of aliphatic carboxylic acids is 1. The van der Waals surface area contributed by atoms with Gasteiger partial charge in [0.25, 0.3) is 5.91 Å². The number of likely N-dealkylation sites (tertiary alicyclic amines) is 1. The highest BCUT2D eigenvalue weighted by Crippen LogP contribution is 2.41. The number of rotatable bonds is 2. The molecule has 9 nitrogen and oxygen atoms in total. The maximum absolute atomic E-state index is 13.3. The molecule has 2 fully saturated rings. The number of hydrogen-bond acceptors (Lipinski definition) is 6. The zero-order chi connectivity index (χ0) is 24.2. The highest BCUT2D eigenvalue weighted by Gasteiger charge is 2.50. The van der Waals surface area contributed by atoms with E-state index in [2.05, 4.69) is 15.0 Å². The summed E-state index contributed by atoms with van der Waals surface area (Å²) in [6.07, 6.45) is 3.02. The molecule has 1 unspecified atom stereocenters. The molecule has 0 aliphatic carbocycles. The molecule has 2 aliphatic rings. The first-order valence-electron chi connectivity index (χ1n) is 9.81. The number of piperidine rings is 1. The van der Waals surface area contributed by atoms with E-state index in [9.17, 15) is 27.2 Å². The minimum absolute atomic E-state index is 0.00529. The third-order valence-electron chi connectivity index (χ3n) is 5.45. The van der Waals surface area contributed by atoms with E-state index in [0.717, 1.165) is 18.9 Å². The number of carboxylic acids is 1. The van der Waals surface area contributed by atoms with Crippen LogP contribution in [-0.2, 0) is 9.59 Å². The van der Waals surface area contributed by atoms with Crippen molar-refractivity contribution < 1.29 is 37.1 Å². The summed E-state index contributed by atoms with van der Waals surface area (Å²) in [7, 11) is 0. The van der Waals surface area contributed by atoms with E-state index in [4.69, 9.17) is 9.90 Å². The molecule has 4 rings (SSSR count). The lowest BCUT2D eigenvalue weighted by Crippen LogP contribution is -2.50. The van der Waals surface area contributed by atoms with Crippen LogP contribution < -0.4 is 4.90 Å². The van der Waals surface area contributed by atoms with E-state index in [0.29, 0.717) is 31.7 Å². The smallest absolute Gasteiger partial charge is 0.475 e. The highest BCUT2D eigenvalue weighted by atomic mass is 19.4. The van der Waals surface area contributed by atoms with Crippen molar-refractivity contribution in [3.63, 3.8) is 0 Å². The molecular formula is C20H19F4N5O4. The van der Waals surface area contributed by atoms with Crippen molar-refractivity contribution in [3.8, 4) is 0 Å². The molecule has 2 aromatic rings. The van der Waals surface area contributed by atoms with Gasteiger partial charge in [0.15, 0.2) is 0 Å². The summed E-state index contributed by atoms with van der Waals surface area (Å²) >= 11 is 0. The Bertz CT molecular complexity index is 1040. The Morgan fingerprint density at radius 3 is 2.39 bits per heavy atom. The molecular weight excluding hydrogens is 450 g/mol. The monoisotopic (exact) mass is 469 g/mol. The van der Waals surface area contributed by atoms with Crippen molar-refractivity contribution in [2.24, 2.45) is 5.41 Å². The first-order valence-corrected chi connectivity index (χ1v) is 9.81. The van der Waals surface area contributed by atoms with Crippen molar-refractivity contribution in [3.05, 3.63) is 48.6 Å². The second kappa shape index (κ2) is 9.46. The first kappa shape index (κ1) is 24.0. The van der Waals surface area contributed by atoms with E-state index in [-0.39, 0.29) is 17.4 Å². The van der Waals surface area contributed by atoms with Gasteiger partial charge in [-0.05, 0) is 25.3 Å². The largest absolute Gasteiger partial charge is 0.490 e. The van der Waals surface area contributed by atoms with Gasteiger partial charge in [-0.3, -0.25) is 9.59 Å². The molecule has 0 radical (unpaired) electrons. The predicted octanol–water partition coefficient (Wildman–Crippen LogP) is 2.30. The lowest BCUT2D eigenvalue weighted by Gasteiger charge is -2.39. The van der Waals surface area contributed by atoms with E-state index >= 15 is 0 Å². The minimum atomic E-state index is -5.08. The molecule has 2 amide bonds. The fourth-order valence-corrected chi connectivity index (χ4v) is 3.90. The van der Waals surface area contributed by atoms with E-state index in [1.54, 1.807) is 22.2 Å². The van der Waals surface area contributed by atoms with Crippen molar-refractivity contribution in [2.75, 3.05) is 24.5 Å². The number of pyridine rings is 1. The fourth-order valence-electron chi connectivity index (χ4n) is 3.90. The summed E-state index contributed by atoms with van der Waals surface area (Å²) in [6.45, 7) is 1.49. The van der Waals surface area contributed by atoms with Gasteiger partial charge in [0.2, 0.25) is 11.9 Å². The Morgan fingerprint density at radius 1 is 1.12 bits per heavy atom. The minimum Gasteiger partial charge on any atom is -0.475 e. The van der Waals surface area contributed by atoms with Gasteiger partial charge >= 0.3 is 12.1 Å². The van der Waals surface area contributed by atoms with Gasteiger partial charge in [-0.2, -0.15) is 17.6 Å². The molecule has 33 heavy (non-hydrogen) atoms. The van der Waals surface area contributed by atoms with Crippen LogP contribution in [0.4, 0.5) is 23.2 Å². The van der Waals surface area contributed by atoms with Crippen molar-refractivity contribution in [1.82, 2.24) is 19.9 Å². The number of amides is 2. The number of anilines is 1. The number of carbonyl (C=O) groups excluding carboxylic acids is 2. The Hall–Kier alpha value is -3.64. The molecule has 1 spiro atoms. The number of alkyl halides is 3. The number of carboxylic acid groups (broad SMARTS) is 1. The maximum Gasteiger partial charge on any atom is 0.490 e. The van der Waals surface area contributed by atoms with Crippen molar-refractivity contribution in [1.29, 1.82) is 0 Å². The summed E-state index contributed by atoms with van der Waals surface area (Å²) in [5.74, 6) is -3.70. The molecule has 0 bridgehead atoms. The van der Waals surface area contributed by atoms with Crippen molar-refractivity contribution >= 4 is 23.5 Å². The van der Waals surface area contributed by atoms with Crippen LogP contribution in [0.25, 0.3) is 0 Å². The van der Waals surface area contributed by atoms with Gasteiger partial charge in [0.1, 0.15) is 6.33 Å². The Morgan fingerprint density at radius 2 is 1.79 bits per heavy atom. The molecule has 1 N–H and O–H groups in total. The fraction of sp³-hybridized carbons (Fsp3) is 0.400. The van der Waals surface area contributed by atoms with Crippen LogP contribution in [0.1, 0.15) is 29.6 Å². The van der Waals surface area contributed by atoms with Gasteiger partial charge < -0.3 is 14.9 Å². The molecule has 13 heteroatoms. The van der Waals surface area contributed by atoms with Gasteiger partial charge in [0, 0.05) is 37.5 Å². The third kappa shape index (κ3) is 5.41. The number of nitrogens with zero attached hydrogens (tertiary/aromatic N) is 5. The van der Waals surface area contributed by atoms with Crippen LogP contribution in [0.3, 0.4) is 0 Å². The molecule has 2 saturated heterocycles. The number of carbonyl (C=O) groups is 3. The first-order chi connectivity index (χ1) is 15.5. The predicted molar refractivity (Wildman–Crippen MR) is 104 cm³/mol. The lowest BCUT2D eigenvalue weighted by atomic mass is 9.78. The SMILES string of the molecule is O=C(O)C(F)(F)F.O=C(c1ccnc(F)c1)N1CCCC2(CCN(c3cncnc3)C2=O)C1. The van der Waals surface area contributed by atoms with Crippen LogP contribution in [0.5, 0.6) is 0 Å². The number of aromatic nitrogens is 3. The Balaban J connectivity index is 0.000000383. The summed E-state index contributed by atoms with van der Waals surface area (Å²) in [5, 5.41) is 7.12. The molecule has 176 valence electrons. The van der Waals surface area contributed by atoms with Crippen LogP contribution >= 0.6 is 0 Å². The average molecular weight is 469 g/mol. The summed E-state index contributed by atoms with van der Waals surface area (Å²) < 4.78 is 45.1. The second-order valence-electron chi connectivity index (χ2n) is 7.58. The van der Waals surface area contributed by atoms with Gasteiger partial charge in [-0.1, -0.05) is 0 Å². The van der Waals surface area contributed by atoms with E-state index in [1.165, 1.54) is 18.6 Å². The normalized spacial score (nSPS) is 20.4. The van der Waals surface area contributed by atoms with Crippen LogP contribution in [-0.4, -0.2) is 68.6 Å².